The van der Waals surface area contributed by atoms with Crippen LogP contribution in [0.25, 0.3) is 0 Å². The minimum Gasteiger partial charge on any atom is -0.481 e. The standard InChI is InChI=1S/C24H36N2O6/c1-3-13-25(16-9-6-5-7-10-16)21(29)19-24-12-11-23(4-2,32-24)18(22(30)31)17(24)20(28)26(19)14-8-15-27/h3,16-19,27H,1,4-15H2,2H3,(H,30,31)/t17-,18-,19?,23+,24?/m0/s1. The van der Waals surface area contributed by atoms with Crippen LogP contribution < -0.4 is 0 Å². The van der Waals surface area contributed by atoms with Gasteiger partial charge in [-0.15, -0.1) is 6.58 Å². The second-order valence-corrected chi connectivity index (χ2v) is 9.85. The van der Waals surface area contributed by atoms with Gasteiger partial charge < -0.3 is 24.7 Å². The number of amides is 2. The van der Waals surface area contributed by atoms with Crippen molar-refractivity contribution >= 4 is 17.8 Å². The molecule has 0 aromatic carbocycles. The van der Waals surface area contributed by atoms with Crippen LogP contribution in [0.2, 0.25) is 0 Å². The first-order valence-corrected chi connectivity index (χ1v) is 12.1. The highest BCUT2D eigenvalue weighted by molar-refractivity contribution is 5.98. The number of rotatable bonds is 9. The summed E-state index contributed by atoms with van der Waals surface area (Å²) in [5, 5.41) is 19.5. The fourth-order valence-electron chi connectivity index (χ4n) is 6.96. The maximum absolute atomic E-state index is 14.1. The Balaban J connectivity index is 1.75. The Bertz CT molecular complexity index is 780. The summed E-state index contributed by atoms with van der Waals surface area (Å²) in [5.74, 6) is -3.33. The third kappa shape index (κ3) is 3.29. The molecule has 0 aromatic heterocycles. The Morgan fingerprint density at radius 1 is 1.28 bits per heavy atom. The van der Waals surface area contributed by atoms with Crippen LogP contribution in [0.15, 0.2) is 12.7 Å². The molecule has 32 heavy (non-hydrogen) atoms. The molecule has 2 amide bonds. The highest BCUT2D eigenvalue weighted by Gasteiger charge is 2.79. The molecule has 3 heterocycles. The molecule has 1 saturated carbocycles. The van der Waals surface area contributed by atoms with Gasteiger partial charge in [0.2, 0.25) is 11.8 Å². The smallest absolute Gasteiger partial charge is 0.310 e. The quantitative estimate of drug-likeness (QED) is 0.522. The van der Waals surface area contributed by atoms with E-state index in [1.807, 2.05) is 11.8 Å². The number of carboxylic acid groups (broad SMARTS) is 1. The second-order valence-electron chi connectivity index (χ2n) is 9.85. The molecule has 3 aliphatic heterocycles. The lowest BCUT2D eigenvalue weighted by atomic mass is 9.65. The van der Waals surface area contributed by atoms with Gasteiger partial charge in [0.1, 0.15) is 17.6 Å². The van der Waals surface area contributed by atoms with Crippen LogP contribution in [-0.2, 0) is 19.1 Å². The Kier molecular flexibility index (Phi) is 6.38. The number of fused-ring (bicyclic) bond motifs is 1. The van der Waals surface area contributed by atoms with Gasteiger partial charge in [-0.2, -0.15) is 0 Å². The molecule has 2 N–H and O–H groups in total. The number of ether oxygens (including phenoxy) is 1. The molecule has 8 nitrogen and oxygen atoms in total. The van der Waals surface area contributed by atoms with Gasteiger partial charge in [0.25, 0.3) is 0 Å². The summed E-state index contributed by atoms with van der Waals surface area (Å²) in [5.41, 5.74) is -2.02. The minimum absolute atomic E-state index is 0.0912. The summed E-state index contributed by atoms with van der Waals surface area (Å²) in [6.45, 7) is 6.24. The van der Waals surface area contributed by atoms with Gasteiger partial charge in [0.05, 0.1) is 11.5 Å². The van der Waals surface area contributed by atoms with Gasteiger partial charge in [-0.3, -0.25) is 14.4 Å². The van der Waals surface area contributed by atoms with E-state index in [1.54, 1.807) is 6.08 Å². The van der Waals surface area contributed by atoms with Crippen LogP contribution in [0, 0.1) is 11.8 Å². The number of aliphatic hydroxyl groups excluding tert-OH is 1. The molecule has 4 rings (SSSR count). The number of hydrogen-bond donors (Lipinski definition) is 2. The van der Waals surface area contributed by atoms with Gasteiger partial charge in [-0.25, -0.2) is 0 Å². The third-order valence-electron chi connectivity index (χ3n) is 8.36. The molecular weight excluding hydrogens is 412 g/mol. The van der Waals surface area contributed by atoms with Gasteiger partial charge >= 0.3 is 5.97 Å². The van der Waals surface area contributed by atoms with Gasteiger partial charge in [0, 0.05) is 25.7 Å². The number of hydrogen-bond acceptors (Lipinski definition) is 5. The number of carbonyl (C=O) groups is 3. The predicted molar refractivity (Wildman–Crippen MR) is 117 cm³/mol. The molecule has 2 bridgehead atoms. The number of aliphatic hydroxyl groups is 1. The highest BCUT2D eigenvalue weighted by atomic mass is 16.5. The average molecular weight is 449 g/mol. The van der Waals surface area contributed by atoms with Crippen molar-refractivity contribution in [3.05, 3.63) is 12.7 Å². The van der Waals surface area contributed by atoms with Crippen molar-refractivity contribution in [1.82, 2.24) is 9.80 Å². The van der Waals surface area contributed by atoms with Crippen molar-refractivity contribution in [3.63, 3.8) is 0 Å². The van der Waals surface area contributed by atoms with Crippen LogP contribution in [0.3, 0.4) is 0 Å². The Morgan fingerprint density at radius 2 is 2.00 bits per heavy atom. The van der Waals surface area contributed by atoms with Crippen molar-refractivity contribution in [2.45, 2.75) is 88.0 Å². The first-order valence-electron chi connectivity index (χ1n) is 12.1. The largest absolute Gasteiger partial charge is 0.481 e. The average Bonchev–Trinajstić information content (AvgIpc) is 3.40. The molecule has 4 fully saturated rings. The summed E-state index contributed by atoms with van der Waals surface area (Å²) in [7, 11) is 0. The fraction of sp³-hybridized carbons (Fsp3) is 0.792. The van der Waals surface area contributed by atoms with Crippen LogP contribution >= 0.6 is 0 Å². The van der Waals surface area contributed by atoms with Gasteiger partial charge in [-0.1, -0.05) is 32.3 Å². The van der Waals surface area contributed by atoms with E-state index in [2.05, 4.69) is 6.58 Å². The number of likely N-dealkylation sites (tertiary alicyclic amines) is 1. The van der Waals surface area contributed by atoms with E-state index in [0.717, 1.165) is 32.1 Å². The van der Waals surface area contributed by atoms with Crippen molar-refractivity contribution in [2.75, 3.05) is 19.7 Å². The summed E-state index contributed by atoms with van der Waals surface area (Å²) < 4.78 is 6.55. The Labute approximate surface area is 189 Å². The summed E-state index contributed by atoms with van der Waals surface area (Å²) in [6, 6.07) is -0.764. The van der Waals surface area contributed by atoms with Crippen molar-refractivity contribution in [2.24, 2.45) is 11.8 Å². The van der Waals surface area contributed by atoms with Gasteiger partial charge in [0.15, 0.2) is 0 Å². The predicted octanol–water partition coefficient (Wildman–Crippen LogP) is 1.96. The van der Waals surface area contributed by atoms with Gasteiger partial charge in [-0.05, 0) is 38.5 Å². The van der Waals surface area contributed by atoms with E-state index in [4.69, 9.17) is 4.74 Å². The summed E-state index contributed by atoms with van der Waals surface area (Å²) in [6.07, 6.45) is 8.71. The third-order valence-corrected chi connectivity index (χ3v) is 8.36. The lowest BCUT2D eigenvalue weighted by Crippen LogP contribution is -2.58. The zero-order chi connectivity index (χ0) is 23.1. The lowest BCUT2D eigenvalue weighted by molar-refractivity contribution is -0.158. The van der Waals surface area contributed by atoms with Crippen molar-refractivity contribution in [3.8, 4) is 0 Å². The first kappa shape index (κ1) is 23.2. The summed E-state index contributed by atoms with van der Waals surface area (Å²) >= 11 is 0. The molecule has 2 unspecified atom stereocenters. The molecule has 4 aliphatic rings. The van der Waals surface area contributed by atoms with Crippen LogP contribution in [0.1, 0.15) is 64.7 Å². The van der Waals surface area contributed by atoms with E-state index in [-0.39, 0.29) is 31.0 Å². The maximum Gasteiger partial charge on any atom is 0.310 e. The fourth-order valence-corrected chi connectivity index (χ4v) is 6.96. The number of carboxylic acids is 1. The Morgan fingerprint density at radius 3 is 2.59 bits per heavy atom. The number of nitrogens with zero attached hydrogens (tertiary/aromatic N) is 2. The van der Waals surface area contributed by atoms with E-state index < -0.39 is 35.0 Å². The molecule has 3 saturated heterocycles. The van der Waals surface area contributed by atoms with E-state index >= 15 is 0 Å². The summed E-state index contributed by atoms with van der Waals surface area (Å²) in [4.78, 5) is 43.5. The molecule has 1 aliphatic carbocycles. The second kappa shape index (κ2) is 8.78. The molecule has 0 aromatic rings. The van der Waals surface area contributed by atoms with Crippen LogP contribution in [0.5, 0.6) is 0 Å². The normalized spacial score (nSPS) is 36.4. The van der Waals surface area contributed by atoms with Crippen LogP contribution in [-0.4, -0.2) is 80.8 Å². The van der Waals surface area contributed by atoms with E-state index in [0.29, 0.717) is 32.2 Å². The lowest BCUT2D eigenvalue weighted by Gasteiger charge is -2.40. The molecule has 8 heteroatoms. The van der Waals surface area contributed by atoms with E-state index in [9.17, 15) is 24.6 Å². The highest BCUT2D eigenvalue weighted by Crippen LogP contribution is 2.64. The van der Waals surface area contributed by atoms with E-state index in [1.165, 1.54) is 4.90 Å². The van der Waals surface area contributed by atoms with Crippen molar-refractivity contribution < 1.29 is 29.3 Å². The Hall–Kier alpha value is -1.93. The number of aliphatic carboxylic acids is 1. The van der Waals surface area contributed by atoms with Crippen LogP contribution in [0.4, 0.5) is 0 Å². The molecule has 5 atom stereocenters. The molecular formula is C24H36N2O6. The number of carbonyl (C=O) groups excluding carboxylic acids is 2. The SMILES string of the molecule is C=CCN(C(=O)C1N(CCCO)C(=O)[C@@H]2[C@@H](C(=O)O)[C@@]3(CC)CCC12O3)C1CCCCC1. The topological polar surface area (TPSA) is 107 Å². The molecule has 178 valence electrons. The first-order chi connectivity index (χ1) is 15.4. The minimum atomic E-state index is -1.11. The molecule has 1 spiro atoms. The maximum atomic E-state index is 14.1. The molecule has 0 radical (unpaired) electrons. The zero-order valence-electron chi connectivity index (χ0n) is 19.0. The zero-order valence-corrected chi connectivity index (χ0v) is 19.0. The monoisotopic (exact) mass is 448 g/mol. The van der Waals surface area contributed by atoms with Crippen molar-refractivity contribution in [1.29, 1.82) is 0 Å².